The molecule has 1 atom stereocenters. The molecule has 1 unspecified atom stereocenters. The molecule has 0 amide bonds. The number of hydrogen-bond acceptors (Lipinski definition) is 3. The number of methoxy groups -OCH3 is 1. The number of ether oxygens (including phenoxy) is 2. The summed E-state index contributed by atoms with van der Waals surface area (Å²) >= 11 is 0. The molecule has 0 aliphatic carbocycles. The largest absolute Gasteiger partial charge is 0.497 e. The fraction of sp³-hybridized carbons (Fsp3) is 0.294. The summed E-state index contributed by atoms with van der Waals surface area (Å²) in [5.74, 6) is 1.64. The molecule has 0 spiro atoms. The van der Waals surface area contributed by atoms with Crippen molar-refractivity contribution in [2.75, 3.05) is 13.7 Å². The van der Waals surface area contributed by atoms with Gasteiger partial charge in [0.15, 0.2) is 0 Å². The zero-order valence-electron chi connectivity index (χ0n) is 12.0. The maximum atomic E-state index is 5.97. The zero-order valence-corrected chi connectivity index (χ0v) is 12.0. The molecule has 2 rings (SSSR count). The molecule has 20 heavy (non-hydrogen) atoms. The standard InChI is InChI=1S/C17H21NO2/c1-3-13-7-9-15(10-8-13)20-17(12-18)14-5-4-6-16(11-14)19-2/h4-11,17H,3,12,18H2,1-2H3. The van der Waals surface area contributed by atoms with Crippen LogP contribution >= 0.6 is 0 Å². The van der Waals surface area contributed by atoms with Crippen LogP contribution in [-0.2, 0) is 6.42 Å². The molecule has 0 radical (unpaired) electrons. The molecule has 2 aromatic carbocycles. The van der Waals surface area contributed by atoms with Crippen LogP contribution in [0.4, 0.5) is 0 Å². The van der Waals surface area contributed by atoms with Crippen molar-refractivity contribution in [2.45, 2.75) is 19.4 Å². The first-order valence-corrected chi connectivity index (χ1v) is 6.86. The third-order valence-electron chi connectivity index (χ3n) is 3.29. The molecule has 0 heterocycles. The molecule has 0 saturated carbocycles. The van der Waals surface area contributed by atoms with E-state index in [1.54, 1.807) is 7.11 Å². The van der Waals surface area contributed by atoms with E-state index in [0.29, 0.717) is 6.54 Å². The van der Waals surface area contributed by atoms with E-state index in [0.717, 1.165) is 23.5 Å². The van der Waals surface area contributed by atoms with Crippen LogP contribution < -0.4 is 15.2 Å². The Kier molecular flexibility index (Phi) is 5.02. The highest BCUT2D eigenvalue weighted by molar-refractivity contribution is 5.32. The van der Waals surface area contributed by atoms with Gasteiger partial charge in [0, 0.05) is 6.54 Å². The number of hydrogen-bond donors (Lipinski definition) is 1. The predicted octanol–water partition coefficient (Wildman–Crippen LogP) is 3.34. The average Bonchev–Trinajstić information content (AvgIpc) is 2.53. The number of benzene rings is 2. The van der Waals surface area contributed by atoms with Crippen LogP contribution in [0.3, 0.4) is 0 Å². The van der Waals surface area contributed by atoms with Gasteiger partial charge in [-0.3, -0.25) is 0 Å². The van der Waals surface area contributed by atoms with Gasteiger partial charge < -0.3 is 15.2 Å². The summed E-state index contributed by atoms with van der Waals surface area (Å²) in [7, 11) is 1.65. The second-order valence-electron chi connectivity index (χ2n) is 4.62. The molecule has 2 aromatic rings. The van der Waals surface area contributed by atoms with Crippen LogP contribution in [0.25, 0.3) is 0 Å². The Balaban J connectivity index is 2.14. The molecule has 0 fully saturated rings. The molecule has 106 valence electrons. The highest BCUT2D eigenvalue weighted by Crippen LogP contribution is 2.24. The van der Waals surface area contributed by atoms with Crippen molar-refractivity contribution in [3.05, 3.63) is 59.7 Å². The first-order valence-electron chi connectivity index (χ1n) is 6.86. The van der Waals surface area contributed by atoms with Gasteiger partial charge in [0.1, 0.15) is 17.6 Å². The van der Waals surface area contributed by atoms with Crippen molar-refractivity contribution in [2.24, 2.45) is 5.73 Å². The van der Waals surface area contributed by atoms with E-state index >= 15 is 0 Å². The van der Waals surface area contributed by atoms with Gasteiger partial charge in [-0.15, -0.1) is 0 Å². The Morgan fingerprint density at radius 2 is 1.80 bits per heavy atom. The SMILES string of the molecule is CCc1ccc(OC(CN)c2cccc(OC)c2)cc1. The summed E-state index contributed by atoms with van der Waals surface area (Å²) in [6.45, 7) is 2.55. The van der Waals surface area contributed by atoms with Gasteiger partial charge in [-0.25, -0.2) is 0 Å². The third-order valence-corrected chi connectivity index (χ3v) is 3.29. The molecular weight excluding hydrogens is 250 g/mol. The topological polar surface area (TPSA) is 44.5 Å². The number of aryl methyl sites for hydroxylation is 1. The molecular formula is C17H21NO2. The van der Waals surface area contributed by atoms with E-state index in [9.17, 15) is 0 Å². The third kappa shape index (κ3) is 3.52. The van der Waals surface area contributed by atoms with E-state index < -0.39 is 0 Å². The zero-order chi connectivity index (χ0) is 14.4. The van der Waals surface area contributed by atoms with Gasteiger partial charge in [0.25, 0.3) is 0 Å². The van der Waals surface area contributed by atoms with Crippen molar-refractivity contribution >= 4 is 0 Å². The Hall–Kier alpha value is -2.00. The van der Waals surface area contributed by atoms with Crippen molar-refractivity contribution in [1.29, 1.82) is 0 Å². The highest BCUT2D eigenvalue weighted by atomic mass is 16.5. The van der Waals surface area contributed by atoms with Crippen LogP contribution in [0.1, 0.15) is 24.2 Å². The van der Waals surface area contributed by atoms with Crippen LogP contribution in [-0.4, -0.2) is 13.7 Å². The monoisotopic (exact) mass is 271 g/mol. The van der Waals surface area contributed by atoms with Gasteiger partial charge in [-0.1, -0.05) is 31.2 Å². The minimum Gasteiger partial charge on any atom is -0.497 e. The number of nitrogens with two attached hydrogens (primary N) is 1. The van der Waals surface area contributed by atoms with Crippen LogP contribution in [0, 0.1) is 0 Å². The molecule has 2 N–H and O–H groups in total. The lowest BCUT2D eigenvalue weighted by Gasteiger charge is -2.18. The van der Waals surface area contributed by atoms with Crippen LogP contribution in [0.15, 0.2) is 48.5 Å². The van der Waals surface area contributed by atoms with Gasteiger partial charge in [0.2, 0.25) is 0 Å². The summed E-state index contributed by atoms with van der Waals surface area (Å²) in [6.07, 6.45) is 0.855. The van der Waals surface area contributed by atoms with Crippen molar-refractivity contribution in [3.8, 4) is 11.5 Å². The van der Waals surface area contributed by atoms with E-state index in [2.05, 4.69) is 19.1 Å². The molecule has 0 aliphatic heterocycles. The van der Waals surface area contributed by atoms with Crippen molar-refractivity contribution in [3.63, 3.8) is 0 Å². The maximum absolute atomic E-state index is 5.97. The van der Waals surface area contributed by atoms with Gasteiger partial charge in [-0.2, -0.15) is 0 Å². The van der Waals surface area contributed by atoms with E-state index in [1.807, 2.05) is 36.4 Å². The van der Waals surface area contributed by atoms with Crippen molar-refractivity contribution < 1.29 is 9.47 Å². The Bertz CT molecular complexity index is 537. The van der Waals surface area contributed by atoms with Gasteiger partial charge in [-0.05, 0) is 41.8 Å². The van der Waals surface area contributed by atoms with E-state index in [-0.39, 0.29) is 6.10 Å². The summed E-state index contributed by atoms with van der Waals surface area (Å²) in [5, 5.41) is 0. The molecule has 0 aliphatic rings. The highest BCUT2D eigenvalue weighted by Gasteiger charge is 2.12. The molecule has 3 heteroatoms. The summed E-state index contributed by atoms with van der Waals surface area (Å²) in [6, 6.07) is 15.9. The van der Waals surface area contributed by atoms with Crippen LogP contribution in [0.2, 0.25) is 0 Å². The average molecular weight is 271 g/mol. The fourth-order valence-electron chi connectivity index (χ4n) is 2.06. The molecule has 0 aromatic heterocycles. The van der Waals surface area contributed by atoms with Gasteiger partial charge >= 0.3 is 0 Å². The lowest BCUT2D eigenvalue weighted by molar-refractivity contribution is 0.213. The minimum absolute atomic E-state index is 0.169. The quantitative estimate of drug-likeness (QED) is 0.876. The van der Waals surface area contributed by atoms with Crippen molar-refractivity contribution in [1.82, 2.24) is 0 Å². The molecule has 0 bridgehead atoms. The smallest absolute Gasteiger partial charge is 0.136 e. The van der Waals surface area contributed by atoms with E-state index in [4.69, 9.17) is 15.2 Å². The summed E-state index contributed by atoms with van der Waals surface area (Å²) < 4.78 is 11.2. The first-order chi connectivity index (χ1) is 9.76. The predicted molar refractivity (Wildman–Crippen MR) is 81.2 cm³/mol. The maximum Gasteiger partial charge on any atom is 0.136 e. The lowest BCUT2D eigenvalue weighted by Crippen LogP contribution is -2.18. The van der Waals surface area contributed by atoms with E-state index in [1.165, 1.54) is 5.56 Å². The first kappa shape index (κ1) is 14.4. The normalized spacial score (nSPS) is 11.9. The Labute approximate surface area is 120 Å². The molecule has 0 saturated heterocycles. The van der Waals surface area contributed by atoms with Crippen LogP contribution in [0.5, 0.6) is 11.5 Å². The lowest BCUT2D eigenvalue weighted by atomic mass is 10.1. The number of rotatable bonds is 6. The van der Waals surface area contributed by atoms with Gasteiger partial charge in [0.05, 0.1) is 7.11 Å². The second kappa shape index (κ2) is 6.96. The Morgan fingerprint density at radius 3 is 2.40 bits per heavy atom. The molecule has 3 nitrogen and oxygen atoms in total. The summed E-state index contributed by atoms with van der Waals surface area (Å²) in [4.78, 5) is 0. The second-order valence-corrected chi connectivity index (χ2v) is 4.62. The minimum atomic E-state index is -0.169. The summed E-state index contributed by atoms with van der Waals surface area (Å²) in [5.41, 5.74) is 8.15. The fourth-order valence-corrected chi connectivity index (χ4v) is 2.06. The Morgan fingerprint density at radius 1 is 1.05 bits per heavy atom.